The minimum absolute atomic E-state index is 0.276. The van der Waals surface area contributed by atoms with Crippen molar-refractivity contribution in [2.45, 2.75) is 13.8 Å². The summed E-state index contributed by atoms with van der Waals surface area (Å²) in [5.74, 6) is 1.48. The summed E-state index contributed by atoms with van der Waals surface area (Å²) in [5.41, 5.74) is 5.95. The van der Waals surface area contributed by atoms with Crippen LogP contribution in [0.3, 0.4) is 0 Å². The number of anilines is 1. The second kappa shape index (κ2) is 9.04. The molecule has 0 unspecified atom stereocenters. The lowest BCUT2D eigenvalue weighted by Gasteiger charge is -2.03. The van der Waals surface area contributed by atoms with Crippen molar-refractivity contribution in [3.8, 4) is 22.8 Å². The van der Waals surface area contributed by atoms with Gasteiger partial charge < -0.3 is 14.2 Å². The van der Waals surface area contributed by atoms with E-state index in [-0.39, 0.29) is 5.91 Å². The molecule has 0 bridgehead atoms. The first kappa shape index (κ1) is 21.7. The van der Waals surface area contributed by atoms with E-state index in [9.17, 15) is 4.79 Å². The standard InChI is InChI=1S/C28H21ClN2O3/c1-17-6-11-26-24(14-17)31-28(34-26)20-4-3-5-21(15-20)30-27(32)13-10-22-9-12-25(33-22)19-8-7-18(2)23(29)16-19/h3-16H,1-2H3,(H,30,32). The number of carbonyl (C=O) groups excluding carboxylic acids is 1. The molecule has 0 fully saturated rings. The molecule has 1 amide bonds. The van der Waals surface area contributed by atoms with Crippen molar-refractivity contribution in [2.75, 3.05) is 5.32 Å². The third-order valence-corrected chi connectivity index (χ3v) is 5.81. The van der Waals surface area contributed by atoms with Crippen LogP contribution in [0.15, 0.2) is 87.7 Å². The number of hydrogen-bond acceptors (Lipinski definition) is 4. The number of rotatable bonds is 5. The molecule has 0 aliphatic rings. The topological polar surface area (TPSA) is 68.3 Å². The Morgan fingerprint density at radius 1 is 0.941 bits per heavy atom. The van der Waals surface area contributed by atoms with Crippen LogP contribution >= 0.6 is 11.6 Å². The Kier molecular flexibility index (Phi) is 5.78. The average Bonchev–Trinajstić information content (AvgIpc) is 3.47. The van der Waals surface area contributed by atoms with Crippen LogP contribution in [-0.2, 0) is 4.79 Å². The number of benzene rings is 3. The largest absolute Gasteiger partial charge is 0.457 e. The number of amides is 1. The van der Waals surface area contributed by atoms with Gasteiger partial charge in [0.25, 0.3) is 0 Å². The maximum absolute atomic E-state index is 12.5. The van der Waals surface area contributed by atoms with Gasteiger partial charge in [-0.25, -0.2) is 4.98 Å². The molecule has 0 aliphatic carbocycles. The highest BCUT2D eigenvalue weighted by atomic mass is 35.5. The van der Waals surface area contributed by atoms with Crippen molar-refractivity contribution >= 4 is 40.4 Å². The van der Waals surface area contributed by atoms with Gasteiger partial charge in [-0.3, -0.25) is 4.79 Å². The molecule has 0 radical (unpaired) electrons. The number of carbonyl (C=O) groups is 1. The molecule has 34 heavy (non-hydrogen) atoms. The van der Waals surface area contributed by atoms with E-state index in [0.29, 0.717) is 28.1 Å². The molecule has 0 aliphatic heterocycles. The molecule has 0 saturated heterocycles. The summed E-state index contributed by atoms with van der Waals surface area (Å²) in [7, 11) is 0. The Morgan fingerprint density at radius 3 is 2.68 bits per heavy atom. The minimum atomic E-state index is -0.276. The molecule has 6 heteroatoms. The van der Waals surface area contributed by atoms with Crippen LogP contribution in [-0.4, -0.2) is 10.9 Å². The van der Waals surface area contributed by atoms with Gasteiger partial charge in [-0.15, -0.1) is 0 Å². The molecule has 168 valence electrons. The molecule has 0 saturated carbocycles. The summed E-state index contributed by atoms with van der Waals surface area (Å²) < 4.78 is 11.7. The summed E-state index contributed by atoms with van der Waals surface area (Å²) in [6, 6.07) is 22.7. The number of fused-ring (bicyclic) bond motifs is 1. The van der Waals surface area contributed by atoms with E-state index in [1.54, 1.807) is 6.08 Å². The van der Waals surface area contributed by atoms with Gasteiger partial charge in [0.2, 0.25) is 11.8 Å². The monoisotopic (exact) mass is 468 g/mol. The first-order chi connectivity index (χ1) is 16.4. The molecule has 0 atom stereocenters. The van der Waals surface area contributed by atoms with E-state index < -0.39 is 0 Å². The predicted octanol–water partition coefficient (Wildman–Crippen LogP) is 7.68. The number of aryl methyl sites for hydroxylation is 2. The van der Waals surface area contributed by atoms with Crippen molar-refractivity contribution in [2.24, 2.45) is 0 Å². The van der Waals surface area contributed by atoms with Gasteiger partial charge in [0.15, 0.2) is 5.58 Å². The summed E-state index contributed by atoms with van der Waals surface area (Å²) in [6.45, 7) is 3.96. The van der Waals surface area contributed by atoms with E-state index in [4.69, 9.17) is 20.4 Å². The maximum Gasteiger partial charge on any atom is 0.248 e. The molecular weight excluding hydrogens is 448 g/mol. The van der Waals surface area contributed by atoms with Crippen LogP contribution in [0.25, 0.3) is 40.0 Å². The molecule has 3 aromatic carbocycles. The SMILES string of the molecule is Cc1ccc2oc(-c3cccc(NC(=O)C=Cc4ccc(-c5ccc(C)c(Cl)c5)o4)c3)nc2c1. The Balaban J connectivity index is 1.28. The maximum atomic E-state index is 12.5. The van der Waals surface area contributed by atoms with Crippen molar-refractivity contribution in [3.63, 3.8) is 0 Å². The van der Waals surface area contributed by atoms with Crippen molar-refractivity contribution < 1.29 is 13.6 Å². The molecule has 5 nitrogen and oxygen atoms in total. The Bertz CT molecular complexity index is 1540. The number of nitrogens with one attached hydrogen (secondary N) is 1. The number of halogens is 1. The third kappa shape index (κ3) is 4.65. The number of aromatic nitrogens is 1. The molecule has 5 aromatic rings. The number of oxazole rings is 1. The highest BCUT2D eigenvalue weighted by Gasteiger charge is 2.10. The van der Waals surface area contributed by atoms with E-state index in [2.05, 4.69) is 10.3 Å². The molecule has 5 rings (SSSR count). The number of nitrogens with zero attached hydrogens (tertiary/aromatic N) is 1. The molecular formula is C28H21ClN2O3. The first-order valence-electron chi connectivity index (χ1n) is 10.8. The quantitative estimate of drug-likeness (QED) is 0.268. The van der Waals surface area contributed by atoms with Gasteiger partial charge in [-0.05, 0) is 79.6 Å². The van der Waals surface area contributed by atoms with Crippen molar-refractivity contribution in [1.29, 1.82) is 0 Å². The minimum Gasteiger partial charge on any atom is -0.457 e. The van der Waals surface area contributed by atoms with Crippen LogP contribution < -0.4 is 5.32 Å². The van der Waals surface area contributed by atoms with Crippen LogP contribution in [0.2, 0.25) is 5.02 Å². The molecule has 2 heterocycles. The zero-order valence-electron chi connectivity index (χ0n) is 18.6. The van der Waals surface area contributed by atoms with E-state index >= 15 is 0 Å². The van der Waals surface area contributed by atoms with Crippen LogP contribution in [0.1, 0.15) is 16.9 Å². The zero-order chi connectivity index (χ0) is 23.7. The van der Waals surface area contributed by atoms with E-state index in [0.717, 1.165) is 33.4 Å². The van der Waals surface area contributed by atoms with E-state index in [1.807, 2.05) is 86.6 Å². The van der Waals surface area contributed by atoms with Gasteiger partial charge in [0.05, 0.1) is 0 Å². The lowest BCUT2D eigenvalue weighted by molar-refractivity contribution is -0.111. The third-order valence-electron chi connectivity index (χ3n) is 5.40. The highest BCUT2D eigenvalue weighted by molar-refractivity contribution is 6.31. The molecule has 1 N–H and O–H groups in total. The fourth-order valence-corrected chi connectivity index (χ4v) is 3.76. The summed E-state index contributed by atoms with van der Waals surface area (Å²) in [6.07, 6.45) is 3.06. The van der Waals surface area contributed by atoms with Crippen molar-refractivity contribution in [1.82, 2.24) is 4.98 Å². The highest BCUT2D eigenvalue weighted by Crippen LogP contribution is 2.28. The fraction of sp³-hybridized carbons (Fsp3) is 0.0714. The Morgan fingerprint density at radius 2 is 1.82 bits per heavy atom. The van der Waals surface area contributed by atoms with Gasteiger partial charge >= 0.3 is 0 Å². The van der Waals surface area contributed by atoms with Crippen LogP contribution in [0, 0.1) is 13.8 Å². The lowest BCUT2D eigenvalue weighted by atomic mass is 10.1. The molecule has 0 spiro atoms. The first-order valence-corrected chi connectivity index (χ1v) is 11.2. The van der Waals surface area contributed by atoms with Gasteiger partial charge in [-0.1, -0.05) is 35.9 Å². The summed E-state index contributed by atoms with van der Waals surface area (Å²) in [4.78, 5) is 17.0. The van der Waals surface area contributed by atoms with Gasteiger partial charge in [0.1, 0.15) is 17.0 Å². The summed E-state index contributed by atoms with van der Waals surface area (Å²) >= 11 is 6.21. The Hall–Kier alpha value is -4.09. The van der Waals surface area contributed by atoms with Crippen molar-refractivity contribution in [3.05, 3.63) is 101 Å². The number of furan rings is 1. The van der Waals surface area contributed by atoms with E-state index in [1.165, 1.54) is 6.08 Å². The Labute approximate surface area is 201 Å². The van der Waals surface area contributed by atoms with Gasteiger partial charge in [-0.2, -0.15) is 0 Å². The fourth-order valence-electron chi connectivity index (χ4n) is 3.58. The lowest BCUT2D eigenvalue weighted by Crippen LogP contribution is -2.07. The number of hydrogen-bond donors (Lipinski definition) is 1. The average molecular weight is 469 g/mol. The van der Waals surface area contributed by atoms with Gasteiger partial charge in [0, 0.05) is 27.9 Å². The predicted molar refractivity (Wildman–Crippen MR) is 136 cm³/mol. The van der Waals surface area contributed by atoms with Crippen LogP contribution in [0.5, 0.6) is 0 Å². The second-order valence-corrected chi connectivity index (χ2v) is 8.47. The molecule has 2 aromatic heterocycles. The van der Waals surface area contributed by atoms with Crippen LogP contribution in [0.4, 0.5) is 5.69 Å². The smallest absolute Gasteiger partial charge is 0.248 e. The normalized spacial score (nSPS) is 11.4. The second-order valence-electron chi connectivity index (χ2n) is 8.06. The zero-order valence-corrected chi connectivity index (χ0v) is 19.4. The summed E-state index contributed by atoms with van der Waals surface area (Å²) in [5, 5.41) is 3.54.